The van der Waals surface area contributed by atoms with Gasteiger partial charge in [-0.3, -0.25) is 9.59 Å². The molecule has 45 heavy (non-hydrogen) atoms. The van der Waals surface area contributed by atoms with E-state index in [9.17, 15) is 27.9 Å². The average molecular weight is 641 g/mol. The molecule has 2 atom stereocenters. The molecule has 3 aromatic carbocycles. The molecule has 0 aliphatic rings. The predicted octanol–water partition coefficient (Wildman–Crippen LogP) is 5.24. The smallest absolute Gasteiger partial charge is 0.416 e. The highest BCUT2D eigenvalue weighted by molar-refractivity contribution is 7.09. The van der Waals surface area contributed by atoms with Gasteiger partial charge < -0.3 is 25.4 Å². The van der Waals surface area contributed by atoms with E-state index in [1.165, 1.54) is 41.5 Å². The minimum absolute atomic E-state index is 0.00308. The van der Waals surface area contributed by atoms with Gasteiger partial charge in [0.05, 0.1) is 31.4 Å². The fraction of sp³-hybridized carbons (Fsp3) is 0.303. The molecule has 0 spiro atoms. The van der Waals surface area contributed by atoms with E-state index >= 15 is 0 Å². The van der Waals surface area contributed by atoms with E-state index in [0.29, 0.717) is 17.9 Å². The van der Waals surface area contributed by atoms with Crippen molar-refractivity contribution in [3.63, 3.8) is 0 Å². The molecule has 4 rings (SSSR count). The summed E-state index contributed by atoms with van der Waals surface area (Å²) in [6.45, 7) is 2.26. The van der Waals surface area contributed by atoms with Crippen molar-refractivity contribution in [2.24, 2.45) is 0 Å². The monoisotopic (exact) mass is 640 g/mol. The highest BCUT2D eigenvalue weighted by Crippen LogP contribution is 2.29. The third-order valence-electron chi connectivity index (χ3n) is 7.05. The lowest BCUT2D eigenvalue weighted by Crippen LogP contribution is -2.48. The van der Waals surface area contributed by atoms with Crippen molar-refractivity contribution in [2.45, 2.75) is 44.8 Å². The van der Waals surface area contributed by atoms with Gasteiger partial charge in [-0.25, -0.2) is 4.98 Å². The number of aromatic nitrogens is 1. The topological polar surface area (TPSA) is 104 Å². The summed E-state index contributed by atoms with van der Waals surface area (Å²) < 4.78 is 44.7. The molecule has 0 fully saturated rings. The minimum Gasteiger partial charge on any atom is -0.497 e. The number of amides is 2. The maximum atomic E-state index is 13.5. The Morgan fingerprint density at radius 1 is 1.02 bits per heavy atom. The first kappa shape index (κ1) is 33.6. The minimum atomic E-state index is -4.46. The summed E-state index contributed by atoms with van der Waals surface area (Å²) in [6, 6.07) is 18.0. The Balaban J connectivity index is 1.48. The summed E-state index contributed by atoms with van der Waals surface area (Å²) in [6.07, 6.45) is -5.27. The number of methoxy groups -OCH3 is 1. The lowest BCUT2D eigenvalue weighted by atomic mass is 10.00. The van der Waals surface area contributed by atoms with Gasteiger partial charge in [-0.2, -0.15) is 13.2 Å². The molecule has 12 heteroatoms. The summed E-state index contributed by atoms with van der Waals surface area (Å²) in [7, 11) is 3.09. The van der Waals surface area contributed by atoms with Crippen LogP contribution in [0.25, 0.3) is 0 Å². The summed E-state index contributed by atoms with van der Waals surface area (Å²) >= 11 is 1.45. The number of hydrogen-bond donors (Lipinski definition) is 3. The van der Waals surface area contributed by atoms with Crippen LogP contribution in [0.3, 0.4) is 0 Å². The van der Waals surface area contributed by atoms with Crippen LogP contribution >= 0.6 is 11.3 Å². The molecule has 0 bridgehead atoms. The van der Waals surface area contributed by atoms with Gasteiger partial charge in [-0.05, 0) is 48.7 Å². The van der Waals surface area contributed by atoms with Crippen LogP contribution in [-0.2, 0) is 25.7 Å². The van der Waals surface area contributed by atoms with Crippen LogP contribution in [0.5, 0.6) is 5.75 Å². The van der Waals surface area contributed by atoms with Gasteiger partial charge in [0.15, 0.2) is 0 Å². The largest absolute Gasteiger partial charge is 0.497 e. The molecule has 1 heterocycles. The first-order chi connectivity index (χ1) is 21.4. The molecular formula is C33H35F3N4O4S. The van der Waals surface area contributed by atoms with E-state index in [2.05, 4.69) is 15.6 Å². The number of nitrogens with one attached hydrogen (secondary N) is 2. The normalized spacial score (nSPS) is 12.8. The average Bonchev–Trinajstić information content (AvgIpc) is 3.44. The first-order valence-electron chi connectivity index (χ1n) is 14.2. The van der Waals surface area contributed by atoms with Gasteiger partial charge in [0.1, 0.15) is 10.8 Å². The van der Waals surface area contributed by atoms with Gasteiger partial charge in [-0.1, -0.05) is 48.5 Å². The number of aliphatic hydroxyl groups excluding tert-OH is 1. The number of ether oxygens (including phenoxy) is 1. The van der Waals surface area contributed by atoms with E-state index in [-0.39, 0.29) is 36.5 Å². The SMILES string of the molecule is COc1cc(C(=O)N[C@@H](Cc2ccccc2)[C@H](O)CNCc2cccc(C(F)(F)F)c2)cc(C(=O)N(C)Cc2nc(C)cs2)c1. The summed E-state index contributed by atoms with van der Waals surface area (Å²) in [5.74, 6) is -0.540. The van der Waals surface area contributed by atoms with Crippen LogP contribution in [0.4, 0.5) is 13.2 Å². The second kappa shape index (κ2) is 15.2. The second-order valence-corrected chi connectivity index (χ2v) is 11.6. The van der Waals surface area contributed by atoms with Crippen LogP contribution in [0.1, 0.15) is 48.1 Å². The van der Waals surface area contributed by atoms with Crippen molar-refractivity contribution in [1.29, 1.82) is 0 Å². The standard InChI is InChI=1S/C33H35F3N4O4S/c1-21-20-45-30(38-21)19-40(2)32(43)25-14-24(15-27(16-25)44-3)31(42)39-28(13-22-8-5-4-6-9-22)29(41)18-37-17-23-10-7-11-26(12-23)33(34,35)36/h4-12,14-16,20,28-29,37,41H,13,17-19H2,1-3H3,(H,39,42)/t28-,29+/m0/s1. The van der Waals surface area contributed by atoms with Crippen molar-refractivity contribution in [2.75, 3.05) is 20.7 Å². The second-order valence-electron chi connectivity index (χ2n) is 10.7. The zero-order chi connectivity index (χ0) is 32.6. The number of hydrogen-bond acceptors (Lipinski definition) is 7. The molecule has 3 N–H and O–H groups in total. The van der Waals surface area contributed by atoms with Gasteiger partial charge in [0.25, 0.3) is 11.8 Å². The number of thiazole rings is 1. The van der Waals surface area contributed by atoms with Gasteiger partial charge >= 0.3 is 6.18 Å². The molecule has 2 amide bonds. The first-order valence-corrected chi connectivity index (χ1v) is 15.1. The molecule has 1 aromatic heterocycles. The number of rotatable bonds is 13. The maximum absolute atomic E-state index is 13.5. The van der Waals surface area contributed by atoms with Crippen LogP contribution in [0.15, 0.2) is 78.2 Å². The number of halogens is 3. The van der Waals surface area contributed by atoms with E-state index in [1.807, 2.05) is 42.6 Å². The number of aryl methyl sites for hydroxylation is 1. The molecule has 8 nitrogen and oxygen atoms in total. The summed E-state index contributed by atoms with van der Waals surface area (Å²) in [5.41, 5.74) is 1.80. The zero-order valence-electron chi connectivity index (χ0n) is 25.1. The van der Waals surface area contributed by atoms with Crippen molar-refractivity contribution < 1.29 is 32.6 Å². The maximum Gasteiger partial charge on any atom is 0.416 e. The number of benzene rings is 3. The predicted molar refractivity (Wildman–Crippen MR) is 166 cm³/mol. The highest BCUT2D eigenvalue weighted by atomic mass is 32.1. The van der Waals surface area contributed by atoms with Crippen LogP contribution in [0, 0.1) is 6.92 Å². The molecule has 0 saturated heterocycles. The molecule has 0 unspecified atom stereocenters. The third kappa shape index (κ3) is 9.61. The zero-order valence-corrected chi connectivity index (χ0v) is 25.9. The Bertz CT molecular complexity index is 1600. The van der Waals surface area contributed by atoms with Gasteiger partial charge in [0, 0.05) is 42.3 Å². The van der Waals surface area contributed by atoms with Crippen LogP contribution < -0.4 is 15.4 Å². The van der Waals surface area contributed by atoms with Gasteiger partial charge in [-0.15, -0.1) is 11.3 Å². The number of alkyl halides is 3. The van der Waals surface area contributed by atoms with Crippen molar-refractivity contribution in [3.05, 3.63) is 117 Å². The highest BCUT2D eigenvalue weighted by Gasteiger charge is 2.30. The Kier molecular flexibility index (Phi) is 11.3. The Labute approximate surface area is 263 Å². The summed E-state index contributed by atoms with van der Waals surface area (Å²) in [4.78, 5) is 32.7. The molecule has 0 aliphatic carbocycles. The fourth-order valence-electron chi connectivity index (χ4n) is 4.71. The fourth-order valence-corrected chi connectivity index (χ4v) is 5.53. The molecule has 0 radical (unpaired) electrons. The van der Waals surface area contributed by atoms with E-state index in [0.717, 1.165) is 28.4 Å². The number of nitrogens with zero attached hydrogens (tertiary/aromatic N) is 2. The van der Waals surface area contributed by atoms with E-state index in [4.69, 9.17) is 4.74 Å². The molecule has 0 saturated carbocycles. The van der Waals surface area contributed by atoms with Crippen LogP contribution in [-0.4, -0.2) is 59.7 Å². The van der Waals surface area contributed by atoms with Crippen molar-refractivity contribution in [1.82, 2.24) is 20.5 Å². The van der Waals surface area contributed by atoms with Crippen molar-refractivity contribution >= 4 is 23.2 Å². The Morgan fingerprint density at radius 3 is 2.40 bits per heavy atom. The Hall–Kier alpha value is -4.26. The molecule has 0 aliphatic heterocycles. The van der Waals surface area contributed by atoms with Crippen molar-refractivity contribution in [3.8, 4) is 5.75 Å². The number of carbonyl (C=O) groups is 2. The number of aliphatic hydroxyl groups is 1. The van der Waals surface area contributed by atoms with E-state index < -0.39 is 29.8 Å². The lowest BCUT2D eigenvalue weighted by Gasteiger charge is -2.25. The Morgan fingerprint density at radius 2 is 1.73 bits per heavy atom. The quantitative estimate of drug-likeness (QED) is 0.185. The third-order valence-corrected chi connectivity index (χ3v) is 8.00. The molecule has 238 valence electrons. The van der Waals surface area contributed by atoms with E-state index in [1.54, 1.807) is 19.2 Å². The molecule has 4 aromatic rings. The van der Waals surface area contributed by atoms with Gasteiger partial charge in [0.2, 0.25) is 0 Å². The summed E-state index contributed by atoms with van der Waals surface area (Å²) in [5, 5.41) is 19.7. The van der Waals surface area contributed by atoms with Crippen LogP contribution in [0.2, 0.25) is 0 Å². The molecular weight excluding hydrogens is 605 g/mol. The lowest BCUT2D eigenvalue weighted by molar-refractivity contribution is -0.137. The number of carbonyl (C=O) groups excluding carboxylic acids is 2.